The number of benzene rings is 1. The van der Waals surface area contributed by atoms with Crippen molar-refractivity contribution in [1.82, 2.24) is 19.8 Å². The monoisotopic (exact) mass is 617 g/mol. The summed E-state index contributed by atoms with van der Waals surface area (Å²) in [5, 5.41) is 13.0. The second-order valence-corrected chi connectivity index (χ2v) is 11.6. The van der Waals surface area contributed by atoms with Gasteiger partial charge in [0.25, 0.3) is 17.7 Å². The van der Waals surface area contributed by atoms with Crippen molar-refractivity contribution in [3.63, 3.8) is 0 Å². The molecule has 2 N–H and O–H groups in total. The van der Waals surface area contributed by atoms with E-state index in [4.69, 9.17) is 9.47 Å². The van der Waals surface area contributed by atoms with Gasteiger partial charge in [-0.1, -0.05) is 6.92 Å². The fourth-order valence-corrected chi connectivity index (χ4v) is 5.24. The largest absolute Gasteiger partial charge is 0.490 e. The number of fused-ring (bicyclic) bond motifs is 1. The van der Waals surface area contributed by atoms with Crippen LogP contribution in [0.3, 0.4) is 0 Å². The number of aromatic nitrogens is 2. The Kier molecular flexibility index (Phi) is 12.0. The molecular weight excluding hydrogens is 574 g/mol. The number of anilines is 1. The van der Waals surface area contributed by atoms with Gasteiger partial charge >= 0.3 is 0 Å². The molecule has 11 heteroatoms. The maximum Gasteiger partial charge on any atom is 0.258 e. The fraction of sp³-hybridized carbons (Fsp3) is 0.441. The van der Waals surface area contributed by atoms with E-state index in [0.29, 0.717) is 35.7 Å². The lowest BCUT2D eigenvalue weighted by molar-refractivity contribution is -0.0149. The third-order valence-corrected chi connectivity index (χ3v) is 7.98. The number of hydrogen-bond acceptors (Lipinski definition) is 8. The maximum absolute atomic E-state index is 14.3. The zero-order valence-electron chi connectivity index (χ0n) is 26.4. The minimum atomic E-state index is -0.523. The van der Waals surface area contributed by atoms with Crippen LogP contribution in [0.25, 0.3) is 0 Å². The molecule has 0 radical (unpaired) electrons. The molecule has 0 saturated heterocycles. The number of aliphatic hydroxyl groups excluding tert-OH is 1. The zero-order chi connectivity index (χ0) is 32.3. The van der Waals surface area contributed by atoms with Crippen LogP contribution >= 0.6 is 0 Å². The summed E-state index contributed by atoms with van der Waals surface area (Å²) < 4.78 is 12.6. The Hall–Kier alpha value is -4.35. The van der Waals surface area contributed by atoms with Crippen molar-refractivity contribution >= 4 is 23.4 Å². The first-order valence-corrected chi connectivity index (χ1v) is 15.4. The van der Waals surface area contributed by atoms with Crippen LogP contribution < -0.4 is 10.1 Å². The minimum Gasteiger partial charge on any atom is -0.490 e. The van der Waals surface area contributed by atoms with Gasteiger partial charge in [0.1, 0.15) is 5.75 Å². The van der Waals surface area contributed by atoms with Crippen molar-refractivity contribution in [1.29, 1.82) is 0 Å². The lowest BCUT2D eigenvalue weighted by Gasteiger charge is -2.36. The highest BCUT2D eigenvalue weighted by atomic mass is 16.5. The number of nitrogens with zero attached hydrogens (tertiary/aromatic N) is 4. The van der Waals surface area contributed by atoms with Gasteiger partial charge < -0.3 is 29.7 Å². The molecule has 0 saturated carbocycles. The Labute approximate surface area is 264 Å². The molecule has 4 atom stereocenters. The van der Waals surface area contributed by atoms with E-state index in [1.54, 1.807) is 78.6 Å². The molecule has 1 aliphatic rings. The summed E-state index contributed by atoms with van der Waals surface area (Å²) in [5.41, 5.74) is 1.68. The molecule has 240 valence electrons. The number of hydrogen-bond donors (Lipinski definition) is 2. The van der Waals surface area contributed by atoms with Gasteiger partial charge in [0.2, 0.25) is 0 Å². The van der Waals surface area contributed by atoms with Crippen LogP contribution in [0.2, 0.25) is 0 Å². The van der Waals surface area contributed by atoms with E-state index in [1.807, 2.05) is 13.8 Å². The average molecular weight is 618 g/mol. The number of ether oxygens (including phenoxy) is 2. The van der Waals surface area contributed by atoms with Crippen LogP contribution in [0.5, 0.6) is 5.75 Å². The Morgan fingerprint density at radius 3 is 2.38 bits per heavy atom. The standard InChI is InChI=1S/C34H43N5O6/c1-23-20-39(24(2)22-40)34(43)29-19-28(37-32(41)26-10-14-35-15-11-26)8-9-30(29)45-25(3)7-5-6-18-44-31(23)21-38(4)33(42)27-12-16-36-17-13-27/h8-17,19,23-25,31,40H,5-7,18,20-22H2,1-4H3,(H,37,41)/t23-,24-,25+,31+/m1/s1. The molecule has 11 nitrogen and oxygen atoms in total. The summed E-state index contributed by atoms with van der Waals surface area (Å²) in [6.45, 7) is 6.54. The average Bonchev–Trinajstić information content (AvgIpc) is 3.06. The Morgan fingerprint density at radius 1 is 1.04 bits per heavy atom. The molecule has 2 aromatic heterocycles. The van der Waals surface area contributed by atoms with Gasteiger partial charge in [0, 0.05) is 74.3 Å². The number of nitrogens with one attached hydrogen (secondary N) is 1. The van der Waals surface area contributed by atoms with Crippen LogP contribution in [0, 0.1) is 5.92 Å². The van der Waals surface area contributed by atoms with E-state index < -0.39 is 6.04 Å². The van der Waals surface area contributed by atoms with Gasteiger partial charge in [0.15, 0.2) is 0 Å². The van der Waals surface area contributed by atoms with E-state index in [2.05, 4.69) is 15.3 Å². The van der Waals surface area contributed by atoms with Gasteiger partial charge in [-0.2, -0.15) is 0 Å². The molecule has 1 aromatic carbocycles. The third kappa shape index (κ3) is 9.09. The van der Waals surface area contributed by atoms with Gasteiger partial charge in [-0.15, -0.1) is 0 Å². The van der Waals surface area contributed by atoms with Crippen molar-refractivity contribution < 1.29 is 29.0 Å². The van der Waals surface area contributed by atoms with Crippen LogP contribution in [0.15, 0.2) is 67.3 Å². The summed E-state index contributed by atoms with van der Waals surface area (Å²) in [4.78, 5) is 51.5. The fourth-order valence-electron chi connectivity index (χ4n) is 5.24. The topological polar surface area (TPSA) is 134 Å². The lowest BCUT2D eigenvalue weighted by Crippen LogP contribution is -2.48. The van der Waals surface area contributed by atoms with Crippen molar-refractivity contribution in [2.45, 2.75) is 58.3 Å². The number of pyridine rings is 2. The van der Waals surface area contributed by atoms with Gasteiger partial charge in [0.05, 0.1) is 30.4 Å². The number of carbonyl (C=O) groups is 3. The molecule has 0 bridgehead atoms. The molecule has 4 rings (SSSR count). The van der Waals surface area contributed by atoms with Gasteiger partial charge in [-0.05, 0) is 75.6 Å². The third-order valence-electron chi connectivity index (χ3n) is 7.98. The summed E-state index contributed by atoms with van der Waals surface area (Å²) in [6, 6.07) is 11.1. The minimum absolute atomic E-state index is 0.148. The molecule has 3 aromatic rings. The van der Waals surface area contributed by atoms with Crippen molar-refractivity contribution in [3.8, 4) is 5.75 Å². The highest BCUT2D eigenvalue weighted by Crippen LogP contribution is 2.29. The number of carbonyl (C=O) groups excluding carboxylic acids is 3. The Morgan fingerprint density at radius 2 is 1.71 bits per heavy atom. The van der Waals surface area contributed by atoms with Gasteiger partial charge in [-0.25, -0.2) is 0 Å². The van der Waals surface area contributed by atoms with Gasteiger partial charge in [-0.3, -0.25) is 24.4 Å². The SMILES string of the molecule is C[C@@H]1CN([C@H](C)CO)C(=O)c2cc(NC(=O)c3ccncc3)ccc2O[C@@H](C)CCCCO[C@H]1CN(C)C(=O)c1ccncc1. The summed E-state index contributed by atoms with van der Waals surface area (Å²) >= 11 is 0. The number of aliphatic hydroxyl groups is 1. The second-order valence-electron chi connectivity index (χ2n) is 11.6. The Bertz CT molecular complexity index is 1420. The van der Waals surface area contributed by atoms with E-state index >= 15 is 0 Å². The molecule has 3 amide bonds. The van der Waals surface area contributed by atoms with Crippen LogP contribution in [-0.2, 0) is 4.74 Å². The van der Waals surface area contributed by atoms with E-state index in [-0.39, 0.29) is 54.6 Å². The predicted octanol–water partition coefficient (Wildman–Crippen LogP) is 4.30. The molecule has 0 spiro atoms. The lowest BCUT2D eigenvalue weighted by atomic mass is 10.0. The van der Waals surface area contributed by atoms with Crippen molar-refractivity contribution in [2.24, 2.45) is 5.92 Å². The molecule has 45 heavy (non-hydrogen) atoms. The van der Waals surface area contributed by atoms with E-state index in [1.165, 1.54) is 12.4 Å². The van der Waals surface area contributed by atoms with Crippen molar-refractivity contribution in [3.05, 3.63) is 83.9 Å². The molecule has 1 aliphatic heterocycles. The second kappa shape index (κ2) is 16.1. The highest BCUT2D eigenvalue weighted by Gasteiger charge is 2.31. The molecule has 0 fully saturated rings. The number of likely N-dealkylation sites (N-methyl/N-ethyl adjacent to an activating group) is 1. The quantitative estimate of drug-likeness (QED) is 0.401. The normalized spacial score (nSPS) is 20.2. The first kappa shape index (κ1) is 33.5. The van der Waals surface area contributed by atoms with Crippen molar-refractivity contribution in [2.75, 3.05) is 38.7 Å². The molecule has 3 heterocycles. The number of rotatable bonds is 7. The van der Waals surface area contributed by atoms with Crippen LogP contribution in [-0.4, -0.2) is 94.2 Å². The number of amides is 3. The smallest absolute Gasteiger partial charge is 0.258 e. The van der Waals surface area contributed by atoms with E-state index in [0.717, 1.165) is 19.3 Å². The molecule has 0 aliphatic carbocycles. The summed E-state index contributed by atoms with van der Waals surface area (Å²) in [7, 11) is 1.74. The van der Waals surface area contributed by atoms with Crippen LogP contribution in [0.4, 0.5) is 5.69 Å². The Balaban J connectivity index is 1.63. The first-order valence-electron chi connectivity index (χ1n) is 15.4. The highest BCUT2D eigenvalue weighted by molar-refractivity contribution is 6.05. The summed E-state index contributed by atoms with van der Waals surface area (Å²) in [5.74, 6) is -0.617. The summed E-state index contributed by atoms with van der Waals surface area (Å²) in [6.07, 6.45) is 8.09. The predicted molar refractivity (Wildman–Crippen MR) is 170 cm³/mol. The zero-order valence-corrected chi connectivity index (χ0v) is 26.4. The van der Waals surface area contributed by atoms with Crippen LogP contribution in [0.1, 0.15) is 71.1 Å². The molecular formula is C34H43N5O6. The molecule has 0 unspecified atom stereocenters. The first-order chi connectivity index (χ1) is 21.7. The van der Waals surface area contributed by atoms with E-state index in [9.17, 15) is 19.5 Å². The maximum atomic E-state index is 14.3.